The minimum absolute atomic E-state index is 0.0864. The second-order valence-electron chi connectivity index (χ2n) is 6.35. The van der Waals surface area contributed by atoms with Crippen molar-refractivity contribution in [2.75, 3.05) is 17.2 Å². The first-order valence-electron chi connectivity index (χ1n) is 7.97. The Morgan fingerprint density at radius 2 is 1.74 bits per heavy atom. The minimum Gasteiger partial charge on any atom is -0.508 e. The predicted molar refractivity (Wildman–Crippen MR) is 104 cm³/mol. The van der Waals surface area contributed by atoms with Gasteiger partial charge >= 0.3 is 0 Å². The summed E-state index contributed by atoms with van der Waals surface area (Å²) in [6.07, 6.45) is 2.45. The Balaban J connectivity index is 1.97. The molecule has 3 rings (SSSR count). The van der Waals surface area contributed by atoms with E-state index in [2.05, 4.69) is 9.82 Å². The molecular weight excluding hydrogens is 390 g/mol. The summed E-state index contributed by atoms with van der Waals surface area (Å²) in [6, 6.07) is 12.4. The molecule has 0 aromatic heterocycles. The smallest absolute Gasteiger partial charge is 0.247 e. The van der Waals surface area contributed by atoms with Crippen LogP contribution < -0.4 is 4.72 Å². The molecule has 2 aromatic rings. The third-order valence-electron chi connectivity index (χ3n) is 3.99. The second kappa shape index (κ2) is 6.86. The van der Waals surface area contributed by atoms with E-state index in [-0.39, 0.29) is 5.75 Å². The van der Waals surface area contributed by atoms with Crippen LogP contribution in [0.15, 0.2) is 53.6 Å². The molecular formula is C17H19N3O5S2. The Morgan fingerprint density at radius 3 is 2.33 bits per heavy atom. The number of nitrogens with zero attached hydrogens (tertiary/aromatic N) is 2. The highest BCUT2D eigenvalue weighted by Gasteiger charge is 2.34. The number of hydrazone groups is 1. The van der Waals surface area contributed by atoms with Crippen molar-refractivity contribution < 1.29 is 21.9 Å². The molecule has 0 aliphatic carbocycles. The molecule has 0 saturated heterocycles. The maximum Gasteiger partial charge on any atom is 0.247 e. The van der Waals surface area contributed by atoms with Crippen molar-refractivity contribution in [1.82, 2.24) is 4.41 Å². The highest BCUT2D eigenvalue weighted by Crippen LogP contribution is 2.35. The summed E-state index contributed by atoms with van der Waals surface area (Å²) in [5.74, 6) is 0.0864. The zero-order valence-electron chi connectivity index (χ0n) is 14.7. The van der Waals surface area contributed by atoms with Crippen LogP contribution in [0.3, 0.4) is 0 Å². The van der Waals surface area contributed by atoms with Gasteiger partial charge in [-0.05, 0) is 35.4 Å². The van der Waals surface area contributed by atoms with Gasteiger partial charge < -0.3 is 5.11 Å². The second-order valence-corrected chi connectivity index (χ2v) is 9.94. The Hall–Kier alpha value is -2.59. The third-order valence-corrected chi connectivity index (χ3v) is 5.61. The summed E-state index contributed by atoms with van der Waals surface area (Å²) >= 11 is 0. The van der Waals surface area contributed by atoms with Crippen LogP contribution in [0.1, 0.15) is 23.6 Å². The van der Waals surface area contributed by atoms with Gasteiger partial charge in [0, 0.05) is 12.1 Å². The van der Waals surface area contributed by atoms with Gasteiger partial charge in [-0.1, -0.05) is 24.3 Å². The van der Waals surface area contributed by atoms with E-state index in [0.717, 1.165) is 16.9 Å². The van der Waals surface area contributed by atoms with Crippen molar-refractivity contribution >= 4 is 31.4 Å². The number of anilines is 1. The molecule has 1 atom stereocenters. The molecule has 0 amide bonds. The predicted octanol–water partition coefficient (Wildman–Crippen LogP) is 1.87. The highest BCUT2D eigenvalue weighted by atomic mass is 32.2. The van der Waals surface area contributed by atoms with Crippen LogP contribution >= 0.6 is 0 Å². The van der Waals surface area contributed by atoms with Gasteiger partial charge in [-0.15, -0.1) is 0 Å². The van der Waals surface area contributed by atoms with E-state index in [1.165, 1.54) is 12.1 Å². The van der Waals surface area contributed by atoms with E-state index in [0.29, 0.717) is 28.9 Å². The van der Waals surface area contributed by atoms with Gasteiger partial charge in [-0.3, -0.25) is 4.72 Å². The van der Waals surface area contributed by atoms with Gasteiger partial charge in [0.2, 0.25) is 20.0 Å². The van der Waals surface area contributed by atoms with Crippen LogP contribution in [0.25, 0.3) is 0 Å². The zero-order chi connectivity index (χ0) is 19.8. The fourth-order valence-corrected chi connectivity index (χ4v) is 4.35. The fraction of sp³-hybridized carbons (Fsp3) is 0.235. The van der Waals surface area contributed by atoms with E-state index in [9.17, 15) is 21.9 Å². The summed E-state index contributed by atoms with van der Waals surface area (Å²) in [4.78, 5) is 0. The number of aromatic hydroxyl groups is 1. The van der Waals surface area contributed by atoms with E-state index in [1.54, 1.807) is 36.4 Å². The van der Waals surface area contributed by atoms with Crippen LogP contribution in [-0.4, -0.2) is 44.6 Å². The van der Waals surface area contributed by atoms with Crippen molar-refractivity contribution in [2.24, 2.45) is 5.10 Å². The Kier molecular flexibility index (Phi) is 4.87. The normalized spacial score (nSPS) is 17.6. The Bertz CT molecular complexity index is 1090. The van der Waals surface area contributed by atoms with Crippen LogP contribution in [0.2, 0.25) is 0 Å². The molecule has 10 heteroatoms. The Morgan fingerprint density at radius 1 is 1.07 bits per heavy atom. The minimum atomic E-state index is -3.62. The zero-order valence-corrected chi connectivity index (χ0v) is 16.3. The lowest BCUT2D eigenvalue weighted by atomic mass is 9.99. The SMILES string of the molecule is CS(=O)(=O)Nc1cccc(C2=NN(S(C)(=O)=O)[C@@H](c3ccc(O)cc3)C2)c1. The van der Waals surface area contributed by atoms with Gasteiger partial charge in [-0.2, -0.15) is 9.52 Å². The molecule has 0 fully saturated rings. The van der Waals surface area contributed by atoms with Crippen LogP contribution in [0.5, 0.6) is 5.75 Å². The first-order chi connectivity index (χ1) is 12.5. The molecule has 0 bridgehead atoms. The molecule has 0 radical (unpaired) electrons. The number of phenols is 1. The summed E-state index contributed by atoms with van der Waals surface area (Å²) in [6.45, 7) is 0. The van der Waals surface area contributed by atoms with E-state index in [1.807, 2.05) is 0 Å². The Labute approximate surface area is 158 Å². The lowest BCUT2D eigenvalue weighted by molar-refractivity contribution is 0.374. The lowest BCUT2D eigenvalue weighted by Crippen LogP contribution is -2.25. The number of hydrogen-bond donors (Lipinski definition) is 2. The van der Waals surface area contributed by atoms with Crippen LogP contribution in [-0.2, 0) is 20.0 Å². The van der Waals surface area contributed by atoms with Crippen molar-refractivity contribution in [3.05, 3.63) is 59.7 Å². The molecule has 2 N–H and O–H groups in total. The monoisotopic (exact) mass is 409 g/mol. The third kappa shape index (κ3) is 4.58. The van der Waals surface area contributed by atoms with Crippen LogP contribution in [0.4, 0.5) is 5.69 Å². The number of sulfonamides is 2. The van der Waals surface area contributed by atoms with Crippen molar-refractivity contribution in [3.63, 3.8) is 0 Å². The lowest BCUT2D eigenvalue weighted by Gasteiger charge is -2.21. The highest BCUT2D eigenvalue weighted by molar-refractivity contribution is 7.92. The molecule has 0 unspecified atom stereocenters. The number of rotatable bonds is 5. The number of hydrogen-bond acceptors (Lipinski definition) is 6. The summed E-state index contributed by atoms with van der Waals surface area (Å²) < 4.78 is 50.7. The van der Waals surface area contributed by atoms with Gasteiger partial charge in [0.25, 0.3) is 0 Å². The standard InChI is InChI=1S/C17H19N3O5S2/c1-26(22,23)19-14-5-3-4-13(10-14)16-11-17(20(18-16)27(2,24)25)12-6-8-15(21)9-7-12/h3-10,17,19,21H,11H2,1-2H3/t17-/m1/s1. The average molecular weight is 409 g/mol. The summed E-state index contributed by atoms with van der Waals surface area (Å²) in [5.41, 5.74) is 2.22. The molecule has 1 aliphatic heterocycles. The molecule has 27 heavy (non-hydrogen) atoms. The topological polar surface area (TPSA) is 116 Å². The quantitative estimate of drug-likeness (QED) is 0.782. The van der Waals surface area contributed by atoms with Gasteiger partial charge in [0.15, 0.2) is 0 Å². The van der Waals surface area contributed by atoms with Crippen molar-refractivity contribution in [2.45, 2.75) is 12.5 Å². The first kappa shape index (κ1) is 19.2. The van der Waals surface area contributed by atoms with Gasteiger partial charge in [0.05, 0.1) is 24.3 Å². The van der Waals surface area contributed by atoms with Crippen molar-refractivity contribution in [1.29, 1.82) is 0 Å². The van der Waals surface area contributed by atoms with E-state index in [4.69, 9.17) is 0 Å². The summed E-state index contributed by atoms with van der Waals surface area (Å²) in [7, 11) is -7.05. The fourth-order valence-electron chi connectivity index (χ4n) is 2.89. The molecule has 0 spiro atoms. The molecule has 1 heterocycles. The first-order valence-corrected chi connectivity index (χ1v) is 11.7. The maximum atomic E-state index is 12.2. The maximum absolute atomic E-state index is 12.2. The number of benzene rings is 2. The molecule has 144 valence electrons. The summed E-state index contributed by atoms with van der Waals surface area (Å²) in [5, 5.41) is 13.7. The largest absolute Gasteiger partial charge is 0.508 e. The van der Waals surface area contributed by atoms with Gasteiger partial charge in [0.1, 0.15) is 5.75 Å². The van der Waals surface area contributed by atoms with Crippen molar-refractivity contribution in [3.8, 4) is 5.75 Å². The van der Waals surface area contributed by atoms with E-state index >= 15 is 0 Å². The number of phenolic OH excluding ortho intramolecular Hbond substituents is 1. The van der Waals surface area contributed by atoms with E-state index < -0.39 is 26.1 Å². The average Bonchev–Trinajstić information content (AvgIpc) is 3.00. The number of nitrogens with one attached hydrogen (secondary N) is 1. The molecule has 0 saturated carbocycles. The van der Waals surface area contributed by atoms with Gasteiger partial charge in [-0.25, -0.2) is 16.8 Å². The van der Waals surface area contributed by atoms with Crippen LogP contribution in [0, 0.1) is 0 Å². The molecule has 8 nitrogen and oxygen atoms in total. The molecule has 2 aromatic carbocycles. The molecule has 1 aliphatic rings.